The van der Waals surface area contributed by atoms with Crippen molar-refractivity contribution in [2.45, 2.75) is 19.5 Å². The van der Waals surface area contributed by atoms with Crippen LogP contribution in [0.3, 0.4) is 0 Å². The second kappa shape index (κ2) is 7.70. The molecule has 0 fully saturated rings. The molecule has 0 saturated heterocycles. The minimum Gasteiger partial charge on any atom is -0.354 e. The summed E-state index contributed by atoms with van der Waals surface area (Å²) in [7, 11) is 3.96. The fourth-order valence-electron chi connectivity index (χ4n) is 2.76. The van der Waals surface area contributed by atoms with Crippen LogP contribution in [0.5, 0.6) is 0 Å². The number of hydrogen-bond donors (Lipinski definition) is 1. The largest absolute Gasteiger partial charge is 0.354 e. The quantitative estimate of drug-likeness (QED) is 0.820. The molecule has 2 aromatic rings. The first-order valence-corrected chi connectivity index (χ1v) is 9.24. The number of thiazole rings is 1. The molecule has 1 aliphatic heterocycles. The molecule has 0 bridgehead atoms. The Labute approximate surface area is 157 Å². The van der Waals surface area contributed by atoms with Crippen LogP contribution < -0.4 is 10.2 Å². The highest BCUT2D eigenvalue weighted by Gasteiger charge is 2.25. The lowest BCUT2D eigenvalue weighted by molar-refractivity contribution is -0.116. The SMILES string of the molecule is C=CC(=O)NCc1ccc(C(=O)N2CCc3nc(N(C)C)sc3C2)cc1. The Hall–Kier alpha value is -2.67. The summed E-state index contributed by atoms with van der Waals surface area (Å²) in [6.07, 6.45) is 2.03. The van der Waals surface area contributed by atoms with Crippen molar-refractivity contribution in [1.29, 1.82) is 0 Å². The molecular weight excluding hydrogens is 348 g/mol. The highest BCUT2D eigenvalue weighted by atomic mass is 32.1. The van der Waals surface area contributed by atoms with Crippen molar-refractivity contribution >= 4 is 28.3 Å². The molecule has 2 amide bonds. The third-order valence-electron chi connectivity index (χ3n) is 4.24. The number of carbonyl (C=O) groups is 2. The molecule has 6 nitrogen and oxygen atoms in total. The molecule has 3 rings (SSSR count). The zero-order chi connectivity index (χ0) is 18.7. The molecule has 1 aromatic heterocycles. The number of nitrogens with one attached hydrogen (secondary N) is 1. The van der Waals surface area contributed by atoms with E-state index >= 15 is 0 Å². The zero-order valence-electron chi connectivity index (χ0n) is 15.0. The van der Waals surface area contributed by atoms with E-state index in [0.717, 1.165) is 27.7 Å². The fourth-order valence-corrected chi connectivity index (χ4v) is 3.80. The first-order valence-electron chi connectivity index (χ1n) is 8.42. The van der Waals surface area contributed by atoms with Crippen molar-refractivity contribution in [2.24, 2.45) is 0 Å². The Morgan fingerprint density at radius 3 is 2.73 bits per heavy atom. The van der Waals surface area contributed by atoms with Crippen molar-refractivity contribution in [1.82, 2.24) is 15.2 Å². The summed E-state index contributed by atoms with van der Waals surface area (Å²) in [5.41, 5.74) is 2.71. The van der Waals surface area contributed by atoms with Crippen molar-refractivity contribution in [3.05, 3.63) is 58.6 Å². The number of fused-ring (bicyclic) bond motifs is 1. The predicted molar refractivity (Wildman–Crippen MR) is 103 cm³/mol. The molecule has 1 aliphatic rings. The van der Waals surface area contributed by atoms with Gasteiger partial charge in [-0.05, 0) is 23.8 Å². The average molecular weight is 370 g/mol. The number of carbonyl (C=O) groups excluding carboxylic acids is 2. The molecule has 26 heavy (non-hydrogen) atoms. The van der Waals surface area contributed by atoms with Crippen LogP contribution in [0, 0.1) is 0 Å². The summed E-state index contributed by atoms with van der Waals surface area (Å²) in [6.45, 7) is 5.13. The lowest BCUT2D eigenvalue weighted by Crippen LogP contribution is -2.35. The van der Waals surface area contributed by atoms with E-state index in [2.05, 4.69) is 16.9 Å². The Bertz CT molecular complexity index is 827. The summed E-state index contributed by atoms with van der Waals surface area (Å²) in [5.74, 6) is -0.187. The van der Waals surface area contributed by atoms with Gasteiger partial charge in [-0.2, -0.15) is 0 Å². The third kappa shape index (κ3) is 3.94. The van der Waals surface area contributed by atoms with Crippen LogP contribution in [-0.4, -0.2) is 42.3 Å². The van der Waals surface area contributed by atoms with Gasteiger partial charge in [0.05, 0.1) is 12.2 Å². The Kier molecular flexibility index (Phi) is 5.37. The number of nitrogens with zero attached hydrogens (tertiary/aromatic N) is 3. The molecule has 1 aromatic carbocycles. The second-order valence-electron chi connectivity index (χ2n) is 6.36. The number of aromatic nitrogens is 1. The molecule has 136 valence electrons. The minimum absolute atomic E-state index is 0.0251. The van der Waals surface area contributed by atoms with Crippen LogP contribution >= 0.6 is 11.3 Å². The highest BCUT2D eigenvalue weighted by molar-refractivity contribution is 7.15. The maximum absolute atomic E-state index is 12.8. The van der Waals surface area contributed by atoms with Crippen LogP contribution in [0.15, 0.2) is 36.9 Å². The van der Waals surface area contributed by atoms with E-state index in [4.69, 9.17) is 0 Å². The van der Waals surface area contributed by atoms with Crippen molar-refractivity contribution in [3.63, 3.8) is 0 Å². The number of hydrogen-bond acceptors (Lipinski definition) is 5. The summed E-state index contributed by atoms with van der Waals surface area (Å²) >= 11 is 1.65. The number of rotatable bonds is 5. The van der Waals surface area contributed by atoms with E-state index < -0.39 is 0 Å². The van der Waals surface area contributed by atoms with E-state index in [0.29, 0.717) is 25.2 Å². The molecule has 0 saturated carbocycles. The van der Waals surface area contributed by atoms with E-state index in [1.807, 2.05) is 48.2 Å². The number of benzene rings is 1. The van der Waals surface area contributed by atoms with Gasteiger partial charge < -0.3 is 15.1 Å². The monoisotopic (exact) mass is 370 g/mol. The van der Waals surface area contributed by atoms with Crippen LogP contribution in [0.25, 0.3) is 0 Å². The van der Waals surface area contributed by atoms with E-state index in [-0.39, 0.29) is 11.8 Å². The lowest BCUT2D eigenvalue weighted by atomic mass is 10.1. The van der Waals surface area contributed by atoms with Gasteiger partial charge in [0.15, 0.2) is 5.13 Å². The van der Waals surface area contributed by atoms with Crippen LogP contribution in [0.2, 0.25) is 0 Å². The first-order chi connectivity index (χ1) is 12.5. The molecule has 0 radical (unpaired) electrons. The molecule has 0 atom stereocenters. The second-order valence-corrected chi connectivity index (χ2v) is 7.42. The maximum Gasteiger partial charge on any atom is 0.254 e. The topological polar surface area (TPSA) is 65.5 Å². The van der Waals surface area contributed by atoms with Gasteiger partial charge in [-0.15, -0.1) is 0 Å². The van der Waals surface area contributed by atoms with Crippen molar-refractivity contribution < 1.29 is 9.59 Å². The first kappa shape index (κ1) is 18.1. The van der Waals surface area contributed by atoms with Crippen LogP contribution in [-0.2, 0) is 24.3 Å². The molecule has 0 spiro atoms. The van der Waals surface area contributed by atoms with Gasteiger partial charge in [-0.25, -0.2) is 4.98 Å². The molecule has 1 N–H and O–H groups in total. The Balaban J connectivity index is 1.65. The predicted octanol–water partition coefficient (Wildman–Crippen LogP) is 2.21. The van der Waals surface area contributed by atoms with Gasteiger partial charge >= 0.3 is 0 Å². The summed E-state index contributed by atoms with van der Waals surface area (Å²) in [6, 6.07) is 7.35. The molecular formula is C19H22N4O2S. The summed E-state index contributed by atoms with van der Waals surface area (Å²) in [4.78, 5) is 33.7. The smallest absolute Gasteiger partial charge is 0.254 e. The Morgan fingerprint density at radius 1 is 1.35 bits per heavy atom. The average Bonchev–Trinajstić information content (AvgIpc) is 3.09. The van der Waals surface area contributed by atoms with E-state index in [1.54, 1.807) is 11.3 Å². The van der Waals surface area contributed by atoms with Gasteiger partial charge in [0.2, 0.25) is 5.91 Å². The van der Waals surface area contributed by atoms with Crippen molar-refractivity contribution in [3.8, 4) is 0 Å². The minimum atomic E-state index is -0.212. The zero-order valence-corrected chi connectivity index (χ0v) is 15.8. The van der Waals surface area contributed by atoms with Gasteiger partial charge in [0.1, 0.15) is 0 Å². The maximum atomic E-state index is 12.8. The molecule has 2 heterocycles. The number of amides is 2. The molecule has 0 unspecified atom stereocenters. The van der Waals surface area contributed by atoms with Gasteiger partial charge in [-0.3, -0.25) is 9.59 Å². The number of anilines is 1. The van der Waals surface area contributed by atoms with E-state index in [1.165, 1.54) is 6.08 Å². The van der Waals surface area contributed by atoms with E-state index in [9.17, 15) is 9.59 Å². The Morgan fingerprint density at radius 2 is 2.08 bits per heavy atom. The third-order valence-corrected chi connectivity index (χ3v) is 5.49. The summed E-state index contributed by atoms with van der Waals surface area (Å²) in [5, 5.41) is 3.70. The molecule has 0 aliphatic carbocycles. The standard InChI is InChI=1S/C19H22N4O2S/c1-4-17(24)20-11-13-5-7-14(8-6-13)18(25)23-10-9-15-16(12-23)26-19(21-15)22(2)3/h4-8H,1,9-12H2,2-3H3,(H,20,24). The van der Waals surface area contributed by atoms with Gasteiger partial charge in [-0.1, -0.05) is 30.0 Å². The van der Waals surface area contributed by atoms with Crippen LogP contribution in [0.4, 0.5) is 5.13 Å². The summed E-state index contributed by atoms with van der Waals surface area (Å²) < 4.78 is 0. The lowest BCUT2D eigenvalue weighted by Gasteiger charge is -2.26. The molecule has 7 heteroatoms. The van der Waals surface area contributed by atoms with Gasteiger partial charge in [0.25, 0.3) is 5.91 Å². The fraction of sp³-hybridized carbons (Fsp3) is 0.316. The van der Waals surface area contributed by atoms with Crippen LogP contribution in [0.1, 0.15) is 26.5 Å². The van der Waals surface area contributed by atoms with Crippen molar-refractivity contribution in [2.75, 3.05) is 25.5 Å². The normalized spacial score (nSPS) is 13.1. The van der Waals surface area contributed by atoms with Gasteiger partial charge in [0, 0.05) is 44.0 Å². The highest BCUT2D eigenvalue weighted by Crippen LogP contribution is 2.30.